The molecule has 5 heteroatoms. The minimum Gasteiger partial charge on any atom is -0.486 e. The van der Waals surface area contributed by atoms with Crippen LogP contribution in [0.15, 0.2) is 40.8 Å². The lowest BCUT2D eigenvalue weighted by Gasteiger charge is -2.04. The first-order chi connectivity index (χ1) is 10.2. The molecule has 112 valence electrons. The fraction of sp³-hybridized carbons (Fsp3) is 0.312. The molecular weight excluding hydrogens is 290 g/mol. The van der Waals surface area contributed by atoms with Crippen LogP contribution >= 0.6 is 11.6 Å². The van der Waals surface area contributed by atoms with Gasteiger partial charge >= 0.3 is 0 Å². The Bertz CT molecular complexity index is 595. The minimum atomic E-state index is -0.197. The Morgan fingerprint density at radius 2 is 2.19 bits per heavy atom. The van der Waals surface area contributed by atoms with Crippen LogP contribution in [0.1, 0.15) is 36.1 Å². The van der Waals surface area contributed by atoms with Gasteiger partial charge in [0.2, 0.25) is 0 Å². The average molecular weight is 308 g/mol. The molecule has 0 saturated carbocycles. The number of benzene rings is 1. The van der Waals surface area contributed by atoms with E-state index in [-0.39, 0.29) is 12.5 Å². The van der Waals surface area contributed by atoms with Crippen LogP contribution in [0.25, 0.3) is 0 Å². The van der Waals surface area contributed by atoms with Crippen molar-refractivity contribution in [3.8, 4) is 5.75 Å². The van der Waals surface area contributed by atoms with Crippen molar-refractivity contribution in [1.29, 1.82) is 0 Å². The SMILES string of the molecule is CCCCNC(=O)c1ccc(COc2cccc(Cl)c2)o1. The highest BCUT2D eigenvalue weighted by atomic mass is 35.5. The molecular formula is C16H18ClNO3. The van der Waals surface area contributed by atoms with Crippen molar-refractivity contribution in [3.05, 3.63) is 52.9 Å². The zero-order chi connectivity index (χ0) is 15.1. The number of hydrogen-bond donors (Lipinski definition) is 1. The highest BCUT2D eigenvalue weighted by Gasteiger charge is 2.10. The summed E-state index contributed by atoms with van der Waals surface area (Å²) in [6.45, 7) is 2.98. The monoisotopic (exact) mass is 307 g/mol. The normalized spacial score (nSPS) is 10.4. The summed E-state index contributed by atoms with van der Waals surface area (Å²) in [6, 6.07) is 10.5. The molecule has 0 spiro atoms. The fourth-order valence-corrected chi connectivity index (χ4v) is 1.93. The molecule has 1 N–H and O–H groups in total. The molecule has 1 heterocycles. The van der Waals surface area contributed by atoms with Gasteiger partial charge in [0.15, 0.2) is 5.76 Å². The zero-order valence-corrected chi connectivity index (χ0v) is 12.7. The molecule has 0 aliphatic carbocycles. The molecule has 0 atom stereocenters. The molecule has 21 heavy (non-hydrogen) atoms. The van der Waals surface area contributed by atoms with Crippen LogP contribution in [0, 0.1) is 0 Å². The van der Waals surface area contributed by atoms with Gasteiger partial charge in [-0.25, -0.2) is 0 Å². The van der Waals surface area contributed by atoms with E-state index < -0.39 is 0 Å². The maximum atomic E-state index is 11.8. The molecule has 4 nitrogen and oxygen atoms in total. The predicted octanol–water partition coefficient (Wildman–Crippen LogP) is 4.04. The summed E-state index contributed by atoms with van der Waals surface area (Å²) in [6.07, 6.45) is 1.99. The van der Waals surface area contributed by atoms with Crippen LogP contribution in [-0.2, 0) is 6.61 Å². The van der Waals surface area contributed by atoms with E-state index in [1.807, 2.05) is 12.1 Å². The molecule has 0 saturated heterocycles. The Kier molecular flexibility index (Phi) is 5.69. The molecule has 0 unspecified atom stereocenters. The van der Waals surface area contributed by atoms with Crippen molar-refractivity contribution in [2.45, 2.75) is 26.4 Å². The van der Waals surface area contributed by atoms with Gasteiger partial charge in [-0.1, -0.05) is 31.0 Å². The number of ether oxygens (including phenoxy) is 1. The number of amides is 1. The lowest BCUT2D eigenvalue weighted by atomic mass is 10.3. The number of furan rings is 1. The Morgan fingerprint density at radius 3 is 2.95 bits per heavy atom. The van der Waals surface area contributed by atoms with Gasteiger partial charge < -0.3 is 14.5 Å². The second-order valence-electron chi connectivity index (χ2n) is 4.62. The van der Waals surface area contributed by atoms with E-state index in [0.717, 1.165) is 12.8 Å². The Balaban J connectivity index is 1.86. The van der Waals surface area contributed by atoms with E-state index in [0.29, 0.717) is 28.8 Å². The molecule has 0 fully saturated rings. The minimum absolute atomic E-state index is 0.197. The molecule has 0 radical (unpaired) electrons. The van der Waals surface area contributed by atoms with Crippen molar-refractivity contribution >= 4 is 17.5 Å². The van der Waals surface area contributed by atoms with Crippen LogP contribution in [0.3, 0.4) is 0 Å². The van der Waals surface area contributed by atoms with Crippen LogP contribution in [0.5, 0.6) is 5.75 Å². The molecule has 0 bridgehead atoms. The number of halogens is 1. The number of hydrogen-bond acceptors (Lipinski definition) is 3. The first-order valence-corrected chi connectivity index (χ1v) is 7.32. The Hall–Kier alpha value is -1.94. The third-order valence-corrected chi connectivity index (χ3v) is 3.11. The largest absolute Gasteiger partial charge is 0.486 e. The maximum absolute atomic E-state index is 11.8. The smallest absolute Gasteiger partial charge is 0.286 e. The lowest BCUT2D eigenvalue weighted by Crippen LogP contribution is -2.23. The van der Waals surface area contributed by atoms with Crippen molar-refractivity contribution in [3.63, 3.8) is 0 Å². The lowest BCUT2D eigenvalue weighted by molar-refractivity contribution is 0.0921. The number of carbonyl (C=O) groups excluding carboxylic acids is 1. The number of carbonyl (C=O) groups is 1. The molecule has 1 aromatic heterocycles. The quantitative estimate of drug-likeness (QED) is 0.785. The fourth-order valence-electron chi connectivity index (χ4n) is 1.75. The van der Waals surface area contributed by atoms with Crippen molar-refractivity contribution < 1.29 is 13.9 Å². The van der Waals surface area contributed by atoms with Gasteiger partial charge in [0.1, 0.15) is 18.1 Å². The van der Waals surface area contributed by atoms with Crippen molar-refractivity contribution in [2.75, 3.05) is 6.54 Å². The summed E-state index contributed by atoms with van der Waals surface area (Å²) >= 11 is 5.88. The van der Waals surface area contributed by atoms with Crippen LogP contribution in [-0.4, -0.2) is 12.5 Å². The van der Waals surface area contributed by atoms with E-state index in [2.05, 4.69) is 12.2 Å². The Labute approximate surface area is 129 Å². The van der Waals surface area contributed by atoms with E-state index in [1.165, 1.54) is 0 Å². The highest BCUT2D eigenvalue weighted by Crippen LogP contribution is 2.19. The number of nitrogens with one attached hydrogen (secondary N) is 1. The predicted molar refractivity (Wildman–Crippen MR) is 81.7 cm³/mol. The molecule has 1 amide bonds. The molecule has 1 aromatic carbocycles. The second kappa shape index (κ2) is 7.74. The molecule has 0 aliphatic heterocycles. The highest BCUT2D eigenvalue weighted by molar-refractivity contribution is 6.30. The van der Waals surface area contributed by atoms with Crippen LogP contribution in [0.4, 0.5) is 0 Å². The van der Waals surface area contributed by atoms with E-state index in [4.69, 9.17) is 20.8 Å². The van der Waals surface area contributed by atoms with Gasteiger partial charge in [-0.05, 0) is 36.8 Å². The summed E-state index contributed by atoms with van der Waals surface area (Å²) in [4.78, 5) is 11.8. The third-order valence-electron chi connectivity index (χ3n) is 2.88. The van der Waals surface area contributed by atoms with Gasteiger partial charge in [0.05, 0.1) is 0 Å². The molecule has 0 aliphatic rings. The van der Waals surface area contributed by atoms with E-state index in [9.17, 15) is 4.79 Å². The first kappa shape index (κ1) is 15.4. The Morgan fingerprint density at radius 1 is 1.33 bits per heavy atom. The van der Waals surface area contributed by atoms with Gasteiger partial charge in [-0.3, -0.25) is 4.79 Å². The van der Waals surface area contributed by atoms with Crippen molar-refractivity contribution in [1.82, 2.24) is 5.32 Å². The molecule has 2 rings (SSSR count). The van der Waals surface area contributed by atoms with Crippen molar-refractivity contribution in [2.24, 2.45) is 0 Å². The van der Waals surface area contributed by atoms with Crippen LogP contribution in [0.2, 0.25) is 5.02 Å². The summed E-state index contributed by atoms with van der Waals surface area (Å²) in [5, 5.41) is 3.42. The van der Waals surface area contributed by atoms with Crippen LogP contribution < -0.4 is 10.1 Å². The first-order valence-electron chi connectivity index (χ1n) is 6.94. The standard InChI is InChI=1S/C16H18ClNO3/c1-2-3-9-18-16(19)15-8-7-14(21-15)11-20-13-6-4-5-12(17)10-13/h4-8,10H,2-3,9,11H2,1H3,(H,18,19). The summed E-state index contributed by atoms with van der Waals surface area (Å²) in [7, 11) is 0. The zero-order valence-electron chi connectivity index (χ0n) is 11.9. The maximum Gasteiger partial charge on any atom is 0.286 e. The average Bonchev–Trinajstić information content (AvgIpc) is 2.94. The third kappa shape index (κ3) is 4.83. The number of unbranched alkanes of at least 4 members (excludes halogenated alkanes) is 1. The molecule has 2 aromatic rings. The second-order valence-corrected chi connectivity index (χ2v) is 5.06. The summed E-state index contributed by atoms with van der Waals surface area (Å²) in [5.74, 6) is 1.36. The summed E-state index contributed by atoms with van der Waals surface area (Å²) < 4.78 is 11.0. The van der Waals surface area contributed by atoms with E-state index >= 15 is 0 Å². The van der Waals surface area contributed by atoms with E-state index in [1.54, 1.807) is 24.3 Å². The topological polar surface area (TPSA) is 51.5 Å². The van der Waals surface area contributed by atoms with Gasteiger partial charge in [0, 0.05) is 11.6 Å². The van der Waals surface area contributed by atoms with Gasteiger partial charge in [0.25, 0.3) is 5.91 Å². The number of rotatable bonds is 7. The van der Waals surface area contributed by atoms with Gasteiger partial charge in [-0.15, -0.1) is 0 Å². The van der Waals surface area contributed by atoms with Gasteiger partial charge in [-0.2, -0.15) is 0 Å². The summed E-state index contributed by atoms with van der Waals surface area (Å²) in [5.41, 5.74) is 0.